The third-order valence-electron chi connectivity index (χ3n) is 7.36. The van der Waals surface area contributed by atoms with E-state index >= 15 is 0 Å². The molecule has 1 aliphatic carbocycles. The van der Waals surface area contributed by atoms with Crippen molar-refractivity contribution in [2.24, 2.45) is 5.73 Å². The maximum atomic E-state index is 13.7. The van der Waals surface area contributed by atoms with Gasteiger partial charge in [-0.25, -0.2) is 4.39 Å². The maximum absolute atomic E-state index is 13.7. The molecule has 0 atom stereocenters. The first-order valence-electron chi connectivity index (χ1n) is 13.8. The summed E-state index contributed by atoms with van der Waals surface area (Å²) in [4.78, 5) is 14.9. The summed E-state index contributed by atoms with van der Waals surface area (Å²) in [6.07, 6.45) is 8.59. The number of nitrogens with two attached hydrogens (primary N) is 1. The van der Waals surface area contributed by atoms with E-state index in [1.807, 2.05) is 30.5 Å². The van der Waals surface area contributed by atoms with E-state index in [-0.39, 0.29) is 11.2 Å². The van der Waals surface area contributed by atoms with Crippen molar-refractivity contribution in [2.75, 3.05) is 31.2 Å². The summed E-state index contributed by atoms with van der Waals surface area (Å²) in [5.41, 5.74) is 13.1. The minimum Gasteiger partial charge on any atom is -0.439 e. The molecule has 0 spiro atoms. The Hall–Kier alpha value is -3.68. The van der Waals surface area contributed by atoms with Crippen molar-refractivity contribution in [3.63, 3.8) is 0 Å². The second-order valence-electron chi connectivity index (χ2n) is 10.1. The van der Waals surface area contributed by atoms with Gasteiger partial charge >= 0.3 is 0 Å². The molecule has 208 valence electrons. The van der Waals surface area contributed by atoms with Gasteiger partial charge in [0, 0.05) is 30.1 Å². The fourth-order valence-electron chi connectivity index (χ4n) is 4.99. The molecule has 2 N–H and O–H groups in total. The molecule has 5 nitrogen and oxygen atoms in total. The molecule has 2 aromatic heterocycles. The second kappa shape index (κ2) is 12.7. The summed E-state index contributed by atoms with van der Waals surface area (Å²) in [5.74, 6) is 0.354. The Morgan fingerprint density at radius 1 is 1.12 bits per heavy atom. The molecule has 2 aromatic carbocycles. The first-order valence-corrected chi connectivity index (χ1v) is 14.7. The highest BCUT2D eigenvalue weighted by Crippen LogP contribution is 2.37. The van der Waals surface area contributed by atoms with Gasteiger partial charge in [0.05, 0.1) is 13.2 Å². The van der Waals surface area contributed by atoms with Crippen LogP contribution in [0.1, 0.15) is 49.3 Å². The molecule has 0 bridgehead atoms. The molecule has 6 rings (SSSR count). The lowest BCUT2D eigenvalue weighted by atomic mass is 9.92. The number of halogens is 1. The van der Waals surface area contributed by atoms with Crippen molar-refractivity contribution in [1.82, 2.24) is 0 Å². The molecule has 3 heterocycles. The average Bonchev–Trinajstić information content (AvgIpc) is 3.37. The summed E-state index contributed by atoms with van der Waals surface area (Å²) < 4.78 is 26.1. The topological polar surface area (TPSA) is 68.7 Å². The van der Waals surface area contributed by atoms with Gasteiger partial charge in [-0.1, -0.05) is 42.8 Å². The molecule has 1 aliphatic heterocycles. The van der Waals surface area contributed by atoms with Crippen molar-refractivity contribution >= 4 is 33.1 Å². The Kier molecular flexibility index (Phi) is 8.82. The van der Waals surface area contributed by atoms with Crippen LogP contribution in [0.2, 0.25) is 0 Å². The first-order chi connectivity index (χ1) is 19.5. The number of ether oxygens (including phenoxy) is 1. The predicted molar refractivity (Wildman–Crippen MR) is 163 cm³/mol. The Balaban J connectivity index is 0.000000477. The quantitative estimate of drug-likeness (QED) is 0.272. The molecule has 1 saturated carbocycles. The number of rotatable bonds is 5. The van der Waals surface area contributed by atoms with Gasteiger partial charge in [0.1, 0.15) is 10.5 Å². The third kappa shape index (κ3) is 6.06. The lowest BCUT2D eigenvalue weighted by molar-refractivity contribution is 0.121. The molecule has 40 heavy (non-hydrogen) atoms. The van der Waals surface area contributed by atoms with Crippen molar-refractivity contribution in [3.8, 4) is 11.1 Å². The Morgan fingerprint density at radius 3 is 2.58 bits per heavy atom. The van der Waals surface area contributed by atoms with Gasteiger partial charge in [-0.05, 0) is 84.8 Å². The van der Waals surface area contributed by atoms with Crippen LogP contribution in [-0.2, 0) is 4.74 Å². The lowest BCUT2D eigenvalue weighted by Gasteiger charge is -2.27. The minimum atomic E-state index is -0.235. The molecule has 2 fully saturated rings. The smallest absolute Gasteiger partial charge is 0.204 e. The van der Waals surface area contributed by atoms with E-state index in [2.05, 4.69) is 30.0 Å². The van der Waals surface area contributed by atoms with Crippen LogP contribution in [0.25, 0.3) is 27.0 Å². The number of allylic oxidation sites excluding steroid dienone is 2. The second-order valence-corrected chi connectivity index (χ2v) is 11.0. The van der Waals surface area contributed by atoms with Gasteiger partial charge in [0.25, 0.3) is 0 Å². The molecule has 2 aliphatic rings. The first kappa shape index (κ1) is 27.9. The predicted octanol–water partition coefficient (Wildman–Crippen LogP) is 7.66. The fraction of sp³-hybridized carbons (Fsp3) is 0.303. The summed E-state index contributed by atoms with van der Waals surface area (Å²) in [7, 11) is 0. The van der Waals surface area contributed by atoms with E-state index < -0.39 is 0 Å². The third-order valence-corrected chi connectivity index (χ3v) is 8.33. The summed E-state index contributed by atoms with van der Waals surface area (Å²) in [6.45, 7) is 6.67. The molecular weight excluding hydrogens is 523 g/mol. The lowest BCUT2D eigenvalue weighted by Crippen LogP contribution is -2.36. The zero-order valence-corrected chi connectivity index (χ0v) is 23.9. The molecule has 0 unspecified atom stereocenters. The monoisotopic (exact) mass is 558 g/mol. The number of benzene rings is 2. The Bertz CT molecular complexity index is 1610. The van der Waals surface area contributed by atoms with Crippen molar-refractivity contribution in [1.29, 1.82) is 0 Å². The van der Waals surface area contributed by atoms with Crippen molar-refractivity contribution in [3.05, 3.63) is 104 Å². The maximum Gasteiger partial charge on any atom is 0.204 e. The van der Waals surface area contributed by atoms with Crippen LogP contribution >= 0.6 is 11.3 Å². The van der Waals surface area contributed by atoms with E-state index in [4.69, 9.17) is 14.9 Å². The van der Waals surface area contributed by atoms with Gasteiger partial charge in [-0.15, -0.1) is 11.3 Å². The number of hydrogen-bond donors (Lipinski definition) is 1. The summed E-state index contributed by atoms with van der Waals surface area (Å²) in [5, 5.41) is 1.99. The number of hydrogen-bond acceptors (Lipinski definition) is 6. The fourth-order valence-corrected chi connectivity index (χ4v) is 5.90. The highest BCUT2D eigenvalue weighted by molar-refractivity contribution is 7.17. The summed E-state index contributed by atoms with van der Waals surface area (Å²) >= 11 is 1.41. The molecule has 1 saturated heterocycles. The number of aryl methyl sites for hydroxylation is 1. The van der Waals surface area contributed by atoms with Crippen LogP contribution in [0.15, 0.2) is 81.0 Å². The van der Waals surface area contributed by atoms with Crippen LogP contribution in [0.3, 0.4) is 0 Å². The van der Waals surface area contributed by atoms with Gasteiger partial charge in [0.15, 0.2) is 11.5 Å². The number of anilines is 1. The van der Waals surface area contributed by atoms with E-state index in [1.165, 1.54) is 42.2 Å². The van der Waals surface area contributed by atoms with E-state index in [0.717, 1.165) is 39.8 Å². The number of nitrogens with zero attached hydrogens (tertiary/aromatic N) is 1. The summed E-state index contributed by atoms with van der Waals surface area (Å²) in [6, 6.07) is 14.7. The zero-order valence-electron chi connectivity index (χ0n) is 23.0. The molecule has 0 radical (unpaired) electrons. The number of thiophene rings is 1. The van der Waals surface area contributed by atoms with E-state index in [1.54, 1.807) is 18.3 Å². The largest absolute Gasteiger partial charge is 0.439 e. The van der Waals surface area contributed by atoms with Crippen LogP contribution < -0.4 is 16.1 Å². The van der Waals surface area contributed by atoms with E-state index in [9.17, 15) is 9.18 Å². The van der Waals surface area contributed by atoms with Gasteiger partial charge < -0.3 is 19.8 Å². The standard InChI is InChI=1S/C28H26FNO3S.C5H9N/c1-3-5-23(22-9-8-21(29)14-18(22)2)19-6-4-7-20(15-19)24-17-34-28-25(31)16-26(33-27(24)28)30-10-12-32-13-11-30;6-4-5-2-1-3-5/h4-9,14-17H,3,10-13H2,1-2H3;4H,1-3,6H2/b23-5+;. The highest BCUT2D eigenvalue weighted by Gasteiger charge is 2.19. The Morgan fingerprint density at radius 2 is 1.93 bits per heavy atom. The molecular formula is C33H35FN2O3S. The van der Waals surface area contributed by atoms with Crippen molar-refractivity contribution < 1.29 is 13.5 Å². The van der Waals surface area contributed by atoms with Gasteiger partial charge in [-0.2, -0.15) is 0 Å². The Labute approximate surface area is 238 Å². The molecule has 4 aromatic rings. The van der Waals surface area contributed by atoms with Crippen molar-refractivity contribution in [2.45, 2.75) is 39.5 Å². The van der Waals surface area contributed by atoms with Crippen LogP contribution in [0.5, 0.6) is 0 Å². The van der Waals surface area contributed by atoms with Crippen LogP contribution in [0.4, 0.5) is 10.3 Å². The minimum absolute atomic E-state index is 0.0244. The van der Waals surface area contributed by atoms with Crippen LogP contribution in [-0.4, -0.2) is 26.3 Å². The zero-order chi connectivity index (χ0) is 28.1. The molecule has 7 heteroatoms. The van der Waals surface area contributed by atoms with Gasteiger partial charge in [-0.3, -0.25) is 4.79 Å². The SMILES string of the molecule is CC/C=C(\c1cccc(-c2csc3c(=O)cc(N4CCOCC4)oc23)c1)c1ccc(F)cc1C.NC=C1CCC1. The van der Waals surface area contributed by atoms with E-state index in [0.29, 0.717) is 42.5 Å². The van der Waals surface area contributed by atoms with Crippen LogP contribution in [0, 0.1) is 12.7 Å². The normalized spacial score (nSPS) is 15.4. The molecule has 0 amide bonds. The van der Waals surface area contributed by atoms with Gasteiger partial charge in [0.2, 0.25) is 5.43 Å². The number of morpholine rings is 1. The average molecular weight is 559 g/mol. The highest BCUT2D eigenvalue weighted by atomic mass is 32.1. The number of fused-ring (bicyclic) bond motifs is 1.